The van der Waals surface area contributed by atoms with E-state index < -0.39 is 0 Å². The molecule has 2 aromatic carbocycles. The predicted molar refractivity (Wildman–Crippen MR) is 86.3 cm³/mol. The van der Waals surface area contributed by atoms with Crippen molar-refractivity contribution in [1.82, 2.24) is 4.90 Å². The fraction of sp³-hybridized carbons (Fsp3) is 0.389. The van der Waals surface area contributed by atoms with Crippen molar-refractivity contribution in [1.29, 1.82) is 0 Å². The van der Waals surface area contributed by atoms with Crippen LogP contribution >= 0.6 is 0 Å². The highest BCUT2D eigenvalue weighted by molar-refractivity contribution is 5.98. The molecule has 0 aliphatic carbocycles. The molecule has 1 fully saturated rings. The van der Waals surface area contributed by atoms with E-state index in [9.17, 15) is 4.79 Å². The number of carbonyl (C=O) groups is 1. The number of fused-ring (bicyclic) bond motifs is 1. The molecule has 3 heteroatoms. The first-order valence-electron chi connectivity index (χ1n) is 7.72. The molecule has 110 valence electrons. The molecule has 1 saturated heterocycles. The Morgan fingerprint density at radius 2 is 1.95 bits per heavy atom. The summed E-state index contributed by atoms with van der Waals surface area (Å²) in [5.41, 5.74) is 6.84. The summed E-state index contributed by atoms with van der Waals surface area (Å²) in [6.07, 6.45) is 3.24. The third kappa shape index (κ3) is 2.79. The number of nitrogens with two attached hydrogens (primary N) is 1. The molecule has 0 bridgehead atoms. The lowest BCUT2D eigenvalue weighted by Crippen LogP contribution is -2.51. The Labute approximate surface area is 125 Å². The number of likely N-dealkylation sites (tertiary alicyclic amines) is 1. The van der Waals surface area contributed by atoms with Gasteiger partial charge in [0.1, 0.15) is 0 Å². The van der Waals surface area contributed by atoms with Crippen LogP contribution in [-0.2, 0) is 0 Å². The zero-order valence-electron chi connectivity index (χ0n) is 12.5. The summed E-state index contributed by atoms with van der Waals surface area (Å²) in [6, 6.07) is 14.3. The molecule has 1 aliphatic rings. The van der Waals surface area contributed by atoms with Crippen molar-refractivity contribution < 1.29 is 4.79 Å². The molecular formula is C18H22N2O. The van der Waals surface area contributed by atoms with E-state index in [1.807, 2.05) is 48.2 Å². The molecule has 2 unspecified atom stereocenters. The van der Waals surface area contributed by atoms with Gasteiger partial charge in [0.05, 0.1) is 0 Å². The Hall–Kier alpha value is -1.87. The van der Waals surface area contributed by atoms with Crippen molar-refractivity contribution in [3.05, 3.63) is 48.0 Å². The van der Waals surface area contributed by atoms with Crippen LogP contribution in [0.5, 0.6) is 0 Å². The van der Waals surface area contributed by atoms with Crippen LogP contribution in [0.15, 0.2) is 42.5 Å². The summed E-state index contributed by atoms with van der Waals surface area (Å²) in [7, 11) is 0. The van der Waals surface area contributed by atoms with Gasteiger partial charge < -0.3 is 10.6 Å². The maximum Gasteiger partial charge on any atom is 0.254 e. The number of piperidine rings is 1. The van der Waals surface area contributed by atoms with E-state index in [-0.39, 0.29) is 18.0 Å². The third-order valence-electron chi connectivity index (χ3n) is 4.41. The first kappa shape index (κ1) is 14.1. The average molecular weight is 282 g/mol. The summed E-state index contributed by atoms with van der Waals surface area (Å²) in [4.78, 5) is 14.8. The Kier molecular flexibility index (Phi) is 3.93. The predicted octanol–water partition coefficient (Wildman–Crippen LogP) is 3.18. The zero-order valence-corrected chi connectivity index (χ0v) is 12.5. The molecule has 2 atom stereocenters. The van der Waals surface area contributed by atoms with Crippen molar-refractivity contribution in [2.45, 2.75) is 38.3 Å². The number of rotatable bonds is 2. The first-order chi connectivity index (χ1) is 10.2. The molecule has 2 N–H and O–H groups in total. The highest BCUT2D eigenvalue weighted by atomic mass is 16.2. The molecule has 1 aliphatic heterocycles. The summed E-state index contributed by atoms with van der Waals surface area (Å²) in [5, 5.41) is 2.27. The second kappa shape index (κ2) is 5.86. The van der Waals surface area contributed by atoms with Crippen molar-refractivity contribution in [2.75, 3.05) is 6.54 Å². The van der Waals surface area contributed by atoms with Crippen LogP contribution in [0.2, 0.25) is 0 Å². The Morgan fingerprint density at radius 1 is 1.19 bits per heavy atom. The van der Waals surface area contributed by atoms with Crippen LogP contribution in [0.1, 0.15) is 36.5 Å². The monoisotopic (exact) mass is 282 g/mol. The molecule has 3 nitrogen and oxygen atoms in total. The Bertz CT molecular complexity index is 650. The van der Waals surface area contributed by atoms with E-state index in [2.05, 4.69) is 6.07 Å². The van der Waals surface area contributed by atoms with Crippen LogP contribution in [0.25, 0.3) is 10.8 Å². The lowest BCUT2D eigenvalue weighted by Gasteiger charge is -2.38. The van der Waals surface area contributed by atoms with E-state index in [0.717, 1.165) is 42.1 Å². The van der Waals surface area contributed by atoms with Gasteiger partial charge in [0, 0.05) is 24.2 Å². The standard InChI is InChI=1S/C18H22N2O/c1-13(19)17-8-4-5-11-20(17)18(21)16-10-9-14-6-2-3-7-15(14)12-16/h2-3,6-7,9-10,12-13,17H,4-5,8,11,19H2,1H3. The normalized spacial score (nSPS) is 20.5. The molecule has 3 rings (SSSR count). The molecule has 0 aromatic heterocycles. The molecule has 2 aromatic rings. The van der Waals surface area contributed by atoms with E-state index in [1.54, 1.807) is 0 Å². The van der Waals surface area contributed by atoms with Crippen LogP contribution < -0.4 is 5.73 Å². The molecule has 0 saturated carbocycles. The van der Waals surface area contributed by atoms with E-state index in [1.165, 1.54) is 0 Å². The minimum absolute atomic E-state index is 0.0229. The average Bonchev–Trinajstić information content (AvgIpc) is 2.53. The number of benzene rings is 2. The fourth-order valence-electron chi connectivity index (χ4n) is 3.24. The number of carbonyl (C=O) groups excluding carboxylic acids is 1. The van der Waals surface area contributed by atoms with E-state index in [0.29, 0.717) is 0 Å². The largest absolute Gasteiger partial charge is 0.334 e. The molecular weight excluding hydrogens is 260 g/mol. The van der Waals surface area contributed by atoms with Gasteiger partial charge >= 0.3 is 0 Å². The SMILES string of the molecule is CC(N)C1CCCCN1C(=O)c1ccc2ccccc2c1. The highest BCUT2D eigenvalue weighted by Gasteiger charge is 2.29. The molecule has 1 amide bonds. The minimum atomic E-state index is 0.0229. The van der Waals surface area contributed by atoms with Gasteiger partial charge in [-0.2, -0.15) is 0 Å². The molecule has 1 heterocycles. The van der Waals surface area contributed by atoms with Gasteiger partial charge in [-0.3, -0.25) is 4.79 Å². The van der Waals surface area contributed by atoms with Crippen molar-refractivity contribution in [2.24, 2.45) is 5.73 Å². The first-order valence-corrected chi connectivity index (χ1v) is 7.72. The maximum atomic E-state index is 12.8. The summed E-state index contributed by atoms with van der Waals surface area (Å²) >= 11 is 0. The lowest BCUT2D eigenvalue weighted by atomic mass is 9.95. The van der Waals surface area contributed by atoms with Gasteiger partial charge in [0.25, 0.3) is 5.91 Å². The van der Waals surface area contributed by atoms with Gasteiger partial charge in [-0.25, -0.2) is 0 Å². The van der Waals surface area contributed by atoms with Gasteiger partial charge in [0.15, 0.2) is 0 Å². The minimum Gasteiger partial charge on any atom is -0.334 e. The van der Waals surface area contributed by atoms with Gasteiger partial charge in [-0.1, -0.05) is 30.3 Å². The Morgan fingerprint density at radius 3 is 2.71 bits per heavy atom. The second-order valence-electron chi connectivity index (χ2n) is 5.98. The number of hydrogen-bond donors (Lipinski definition) is 1. The number of amides is 1. The topological polar surface area (TPSA) is 46.3 Å². The second-order valence-corrected chi connectivity index (χ2v) is 5.98. The maximum absolute atomic E-state index is 12.8. The van der Waals surface area contributed by atoms with Gasteiger partial charge in [-0.05, 0) is 49.1 Å². The van der Waals surface area contributed by atoms with Crippen molar-refractivity contribution in [3.63, 3.8) is 0 Å². The number of nitrogens with zero attached hydrogens (tertiary/aromatic N) is 1. The van der Waals surface area contributed by atoms with Crippen LogP contribution in [0, 0.1) is 0 Å². The Balaban J connectivity index is 1.91. The highest BCUT2D eigenvalue weighted by Crippen LogP contribution is 2.23. The van der Waals surface area contributed by atoms with Crippen LogP contribution in [-0.4, -0.2) is 29.4 Å². The fourth-order valence-corrected chi connectivity index (χ4v) is 3.24. The van der Waals surface area contributed by atoms with Crippen molar-refractivity contribution >= 4 is 16.7 Å². The van der Waals surface area contributed by atoms with Crippen LogP contribution in [0.4, 0.5) is 0 Å². The van der Waals surface area contributed by atoms with E-state index >= 15 is 0 Å². The molecule has 21 heavy (non-hydrogen) atoms. The summed E-state index contributed by atoms with van der Waals surface area (Å²) < 4.78 is 0. The van der Waals surface area contributed by atoms with Gasteiger partial charge in [0.2, 0.25) is 0 Å². The quantitative estimate of drug-likeness (QED) is 0.919. The number of hydrogen-bond acceptors (Lipinski definition) is 2. The molecule has 0 radical (unpaired) electrons. The summed E-state index contributed by atoms with van der Waals surface area (Å²) in [6.45, 7) is 2.81. The lowest BCUT2D eigenvalue weighted by molar-refractivity contribution is 0.0584. The molecule has 0 spiro atoms. The third-order valence-corrected chi connectivity index (χ3v) is 4.41. The van der Waals surface area contributed by atoms with Crippen LogP contribution in [0.3, 0.4) is 0 Å². The van der Waals surface area contributed by atoms with Gasteiger partial charge in [-0.15, -0.1) is 0 Å². The smallest absolute Gasteiger partial charge is 0.254 e. The summed E-state index contributed by atoms with van der Waals surface area (Å²) in [5.74, 6) is 0.114. The van der Waals surface area contributed by atoms with E-state index in [4.69, 9.17) is 5.73 Å². The zero-order chi connectivity index (χ0) is 14.8. The van der Waals surface area contributed by atoms with Crippen molar-refractivity contribution in [3.8, 4) is 0 Å².